The van der Waals surface area contributed by atoms with Gasteiger partial charge in [-0.3, -0.25) is 4.79 Å². The molecule has 0 amide bonds. The summed E-state index contributed by atoms with van der Waals surface area (Å²) >= 11 is 0. The molecule has 0 spiro atoms. The summed E-state index contributed by atoms with van der Waals surface area (Å²) in [5.74, 6) is 0.0125. The van der Waals surface area contributed by atoms with Crippen LogP contribution in [0, 0.1) is 0 Å². The summed E-state index contributed by atoms with van der Waals surface area (Å²) in [6.07, 6.45) is 28.0. The lowest BCUT2D eigenvalue weighted by Crippen LogP contribution is -2.29. The highest BCUT2D eigenvalue weighted by Crippen LogP contribution is 2.18. The van der Waals surface area contributed by atoms with E-state index in [1.54, 1.807) is 6.82 Å². The first-order valence-corrected chi connectivity index (χ1v) is 17.9. The van der Waals surface area contributed by atoms with Gasteiger partial charge in [-0.1, -0.05) is 110 Å². The topological polar surface area (TPSA) is 79.2 Å². The van der Waals surface area contributed by atoms with Crippen molar-refractivity contribution >= 4 is 13.1 Å². The highest BCUT2D eigenvalue weighted by atomic mass is 16.5. The van der Waals surface area contributed by atoms with Gasteiger partial charge >= 0.3 is 13.1 Å². The number of aliphatic hydroxyl groups is 1. The van der Waals surface area contributed by atoms with E-state index in [2.05, 4.69) is 18.7 Å². The Balaban J connectivity index is 4.03. The molecule has 0 aromatic carbocycles. The van der Waals surface area contributed by atoms with Gasteiger partial charge in [0.15, 0.2) is 0 Å². The number of rotatable bonds is 33. The molecule has 0 unspecified atom stereocenters. The molecule has 0 aliphatic rings. The van der Waals surface area contributed by atoms with Crippen molar-refractivity contribution < 1.29 is 24.3 Å². The van der Waals surface area contributed by atoms with Crippen LogP contribution in [0.3, 0.4) is 0 Å². The fourth-order valence-corrected chi connectivity index (χ4v) is 5.47. The predicted octanol–water partition coefficient (Wildman–Crippen LogP) is 8.72. The average molecular weight is 584 g/mol. The minimum atomic E-state index is -0.671. The number of hydrogen-bond donors (Lipinski definition) is 2. The third-order valence-electron chi connectivity index (χ3n) is 8.06. The number of hydrogen-bond acceptors (Lipinski definition) is 6. The third-order valence-corrected chi connectivity index (χ3v) is 8.06. The van der Waals surface area contributed by atoms with E-state index in [1.807, 2.05) is 0 Å². The van der Waals surface area contributed by atoms with Crippen LogP contribution in [0.4, 0.5) is 0 Å². The van der Waals surface area contributed by atoms with Gasteiger partial charge in [0, 0.05) is 19.6 Å². The van der Waals surface area contributed by atoms with Crippen molar-refractivity contribution in [2.24, 2.45) is 0 Å². The normalized spacial score (nSPS) is 11.6. The van der Waals surface area contributed by atoms with Gasteiger partial charge in [-0.15, -0.1) is 0 Å². The molecule has 0 fully saturated rings. The molecule has 0 saturated heterocycles. The van der Waals surface area contributed by atoms with Gasteiger partial charge in [-0.2, -0.15) is 0 Å². The standard InChI is InChI=1S/C34H70BNO5/c1-4-6-8-10-13-19-25-33(26-20-14-11-9-7-5-2)41-34(38)27-21-15-12-16-22-28-36(30-31-37)29-23-17-18-24-32-40-35(3)39/h33,37,39H,4-32H2,1-3H3. The molecule has 244 valence electrons. The largest absolute Gasteiger partial charge is 0.462 e. The zero-order chi connectivity index (χ0) is 30.2. The fraction of sp³-hybridized carbons (Fsp3) is 0.971. The van der Waals surface area contributed by atoms with Crippen LogP contribution < -0.4 is 0 Å². The Labute approximate surface area is 255 Å². The second-order valence-electron chi connectivity index (χ2n) is 12.2. The van der Waals surface area contributed by atoms with Crippen molar-refractivity contribution in [2.75, 3.05) is 32.8 Å². The number of carbonyl (C=O) groups excluding carboxylic acids is 1. The average Bonchev–Trinajstić information content (AvgIpc) is 2.95. The summed E-state index contributed by atoms with van der Waals surface area (Å²) in [4.78, 5) is 15.0. The van der Waals surface area contributed by atoms with Gasteiger partial charge in [-0.05, 0) is 71.3 Å². The maximum atomic E-state index is 12.6. The van der Waals surface area contributed by atoms with E-state index in [0.717, 1.165) is 83.8 Å². The van der Waals surface area contributed by atoms with Crippen molar-refractivity contribution in [3.63, 3.8) is 0 Å². The van der Waals surface area contributed by atoms with E-state index >= 15 is 0 Å². The molecule has 0 atom stereocenters. The summed E-state index contributed by atoms with van der Waals surface area (Å²) < 4.78 is 11.2. The number of carbonyl (C=O) groups is 1. The number of unbranched alkanes of at least 4 members (excludes halogenated alkanes) is 17. The molecule has 7 heteroatoms. The van der Waals surface area contributed by atoms with Crippen molar-refractivity contribution in [1.29, 1.82) is 0 Å². The third kappa shape index (κ3) is 30.6. The first-order valence-electron chi connectivity index (χ1n) is 17.9. The first-order chi connectivity index (χ1) is 20.0. The van der Waals surface area contributed by atoms with Crippen molar-refractivity contribution in [1.82, 2.24) is 4.90 Å². The molecule has 0 aliphatic heterocycles. The Morgan fingerprint density at radius 1 is 0.659 bits per heavy atom. The smallest absolute Gasteiger partial charge is 0.450 e. The van der Waals surface area contributed by atoms with Crippen molar-refractivity contribution in [3.05, 3.63) is 0 Å². The maximum absolute atomic E-state index is 12.6. The van der Waals surface area contributed by atoms with E-state index in [0.29, 0.717) is 13.0 Å². The Bertz CT molecular complexity index is 521. The second-order valence-corrected chi connectivity index (χ2v) is 12.2. The number of esters is 1. The monoisotopic (exact) mass is 584 g/mol. The minimum absolute atomic E-state index is 0.0125. The molecule has 0 aromatic heterocycles. The number of ether oxygens (including phenoxy) is 1. The maximum Gasteiger partial charge on any atom is 0.450 e. The number of aliphatic hydroxyl groups excluding tert-OH is 1. The Hall–Kier alpha value is -0.625. The molecule has 0 aromatic rings. The van der Waals surface area contributed by atoms with E-state index in [-0.39, 0.29) is 18.7 Å². The zero-order valence-electron chi connectivity index (χ0n) is 27.7. The molecule has 0 bridgehead atoms. The second kappa shape index (κ2) is 32.3. The van der Waals surface area contributed by atoms with Gasteiger partial charge < -0.3 is 24.4 Å². The lowest BCUT2D eigenvalue weighted by atomic mass is 9.97. The highest BCUT2D eigenvalue weighted by molar-refractivity contribution is 6.40. The van der Waals surface area contributed by atoms with Crippen LogP contribution in [-0.4, -0.2) is 67.1 Å². The number of nitrogens with zero attached hydrogens (tertiary/aromatic N) is 1. The predicted molar refractivity (Wildman–Crippen MR) is 175 cm³/mol. The summed E-state index contributed by atoms with van der Waals surface area (Å²) in [5, 5.41) is 18.5. The lowest BCUT2D eigenvalue weighted by Gasteiger charge is -2.21. The molecule has 0 radical (unpaired) electrons. The minimum Gasteiger partial charge on any atom is -0.462 e. The molecule has 0 heterocycles. The van der Waals surface area contributed by atoms with Crippen molar-refractivity contribution in [3.8, 4) is 0 Å². The van der Waals surface area contributed by atoms with Gasteiger partial charge in [0.2, 0.25) is 0 Å². The quantitative estimate of drug-likeness (QED) is 0.0457. The summed E-state index contributed by atoms with van der Waals surface area (Å²) in [5.41, 5.74) is 0. The van der Waals surface area contributed by atoms with E-state index in [4.69, 9.17) is 14.4 Å². The molecular weight excluding hydrogens is 513 g/mol. The lowest BCUT2D eigenvalue weighted by molar-refractivity contribution is -0.150. The summed E-state index contributed by atoms with van der Waals surface area (Å²) in [7, 11) is -0.671. The van der Waals surface area contributed by atoms with Crippen LogP contribution in [-0.2, 0) is 14.2 Å². The van der Waals surface area contributed by atoms with E-state index in [9.17, 15) is 9.90 Å². The highest BCUT2D eigenvalue weighted by Gasteiger charge is 2.14. The SMILES string of the molecule is CCCCCCCCC(CCCCCCCC)OC(=O)CCCCCCCN(CCO)CCCCCCOB(C)O. The van der Waals surface area contributed by atoms with Crippen LogP contribution in [0.25, 0.3) is 0 Å². The van der Waals surface area contributed by atoms with Gasteiger partial charge in [0.25, 0.3) is 0 Å². The molecule has 6 nitrogen and oxygen atoms in total. The van der Waals surface area contributed by atoms with Crippen LogP contribution in [0.1, 0.15) is 168 Å². The summed E-state index contributed by atoms with van der Waals surface area (Å²) in [6, 6.07) is 0. The molecule has 0 rings (SSSR count). The van der Waals surface area contributed by atoms with Gasteiger partial charge in [0.05, 0.1) is 6.61 Å². The molecule has 0 aliphatic carbocycles. The van der Waals surface area contributed by atoms with Crippen LogP contribution in [0.5, 0.6) is 0 Å². The van der Waals surface area contributed by atoms with Gasteiger partial charge in [0.1, 0.15) is 6.10 Å². The Kier molecular flexibility index (Phi) is 31.8. The van der Waals surface area contributed by atoms with Crippen LogP contribution in [0.2, 0.25) is 6.82 Å². The first kappa shape index (κ1) is 40.4. The van der Waals surface area contributed by atoms with Gasteiger partial charge in [-0.25, -0.2) is 0 Å². The molecule has 2 N–H and O–H groups in total. The molecule has 41 heavy (non-hydrogen) atoms. The van der Waals surface area contributed by atoms with Crippen LogP contribution >= 0.6 is 0 Å². The molecule has 0 saturated carbocycles. The fourth-order valence-electron chi connectivity index (χ4n) is 5.47. The van der Waals surface area contributed by atoms with Crippen molar-refractivity contribution in [2.45, 2.75) is 181 Å². The zero-order valence-corrected chi connectivity index (χ0v) is 27.7. The van der Waals surface area contributed by atoms with Crippen LogP contribution in [0.15, 0.2) is 0 Å². The Morgan fingerprint density at radius 2 is 1.12 bits per heavy atom. The van der Waals surface area contributed by atoms with E-state index in [1.165, 1.54) is 83.5 Å². The summed E-state index contributed by atoms with van der Waals surface area (Å²) in [6.45, 7) is 9.80. The Morgan fingerprint density at radius 3 is 1.63 bits per heavy atom. The van der Waals surface area contributed by atoms with E-state index < -0.39 is 7.12 Å². The molecular formula is C34H70BNO5.